The molecule has 1 unspecified atom stereocenters. The lowest BCUT2D eigenvalue weighted by Crippen LogP contribution is -2.17. The van der Waals surface area contributed by atoms with E-state index in [1.807, 2.05) is 45.0 Å². The number of nitrogens with one attached hydrogen (secondary N) is 1. The van der Waals surface area contributed by atoms with Crippen molar-refractivity contribution in [3.8, 4) is 0 Å². The minimum absolute atomic E-state index is 0.106. The highest BCUT2D eigenvalue weighted by Crippen LogP contribution is 2.31. The minimum Gasteiger partial charge on any atom is -0.324 e. The van der Waals surface area contributed by atoms with Crippen molar-refractivity contribution >= 4 is 5.71 Å². The van der Waals surface area contributed by atoms with E-state index in [9.17, 15) is 13.2 Å². The van der Waals surface area contributed by atoms with Gasteiger partial charge in [-0.15, -0.1) is 0 Å². The van der Waals surface area contributed by atoms with E-state index < -0.39 is 17.8 Å². The fourth-order valence-electron chi connectivity index (χ4n) is 2.57. The number of nitrogens with two attached hydrogens (primary N) is 1. The van der Waals surface area contributed by atoms with Gasteiger partial charge in [-0.05, 0) is 48.2 Å². The molecule has 0 heterocycles. The third-order valence-electron chi connectivity index (χ3n) is 3.77. The fourth-order valence-corrected chi connectivity index (χ4v) is 2.57. The van der Waals surface area contributed by atoms with Crippen molar-refractivity contribution in [3.63, 3.8) is 0 Å². The molecule has 0 radical (unpaired) electrons. The van der Waals surface area contributed by atoms with Crippen LogP contribution in [0.4, 0.5) is 13.2 Å². The van der Waals surface area contributed by atoms with E-state index in [0.717, 1.165) is 23.3 Å². The zero-order chi connectivity index (χ0) is 19.2. The van der Waals surface area contributed by atoms with Crippen molar-refractivity contribution in [2.24, 2.45) is 5.73 Å². The van der Waals surface area contributed by atoms with E-state index in [0.29, 0.717) is 5.56 Å². The lowest BCUT2D eigenvalue weighted by atomic mass is 9.94. The molecule has 0 aromatic heterocycles. The van der Waals surface area contributed by atoms with Crippen LogP contribution in [0.15, 0.2) is 42.5 Å². The van der Waals surface area contributed by atoms with Crippen molar-refractivity contribution in [2.45, 2.75) is 46.3 Å². The Kier molecular flexibility index (Phi) is 7.37. The number of benzene rings is 2. The van der Waals surface area contributed by atoms with Crippen molar-refractivity contribution < 1.29 is 13.2 Å². The normalized spacial score (nSPS) is 12.2. The molecule has 2 aromatic rings. The van der Waals surface area contributed by atoms with Gasteiger partial charge in [0.25, 0.3) is 0 Å². The molecule has 0 saturated carbocycles. The number of hydrogen-bond acceptors (Lipinski definition) is 2. The van der Waals surface area contributed by atoms with Crippen LogP contribution in [0, 0.1) is 19.3 Å². The molecule has 1 atom stereocenters. The van der Waals surface area contributed by atoms with Crippen LogP contribution in [0.5, 0.6) is 0 Å². The Labute approximate surface area is 147 Å². The molecule has 0 saturated heterocycles. The Morgan fingerprint density at radius 1 is 1.08 bits per heavy atom. The molecule has 5 heteroatoms. The molecular weight excluding hydrogens is 325 g/mol. The highest BCUT2D eigenvalue weighted by atomic mass is 19.4. The van der Waals surface area contributed by atoms with Gasteiger partial charge in [0.15, 0.2) is 0 Å². The van der Waals surface area contributed by atoms with Crippen LogP contribution in [-0.4, -0.2) is 5.71 Å². The van der Waals surface area contributed by atoms with Crippen LogP contribution >= 0.6 is 0 Å². The predicted molar refractivity (Wildman–Crippen MR) is 97.1 cm³/mol. The first-order valence-corrected chi connectivity index (χ1v) is 8.26. The quantitative estimate of drug-likeness (QED) is 0.672. The number of hydrogen-bond donors (Lipinski definition) is 2. The van der Waals surface area contributed by atoms with Crippen molar-refractivity contribution in [1.29, 1.82) is 5.41 Å². The first-order valence-electron chi connectivity index (χ1n) is 8.26. The van der Waals surface area contributed by atoms with Crippen molar-refractivity contribution in [2.75, 3.05) is 0 Å². The summed E-state index contributed by atoms with van der Waals surface area (Å²) in [4.78, 5) is 0. The Bertz CT molecular complexity index is 721. The van der Waals surface area contributed by atoms with Gasteiger partial charge in [0.1, 0.15) is 0 Å². The molecule has 0 aliphatic rings. The van der Waals surface area contributed by atoms with Crippen molar-refractivity contribution in [3.05, 3.63) is 70.3 Å². The van der Waals surface area contributed by atoms with Gasteiger partial charge < -0.3 is 11.1 Å². The van der Waals surface area contributed by atoms with Gasteiger partial charge in [0.2, 0.25) is 0 Å². The lowest BCUT2D eigenvalue weighted by molar-refractivity contribution is -0.137. The Hall–Kier alpha value is -2.14. The highest BCUT2D eigenvalue weighted by Gasteiger charge is 2.31. The van der Waals surface area contributed by atoms with E-state index in [2.05, 4.69) is 0 Å². The smallest absolute Gasteiger partial charge is 0.324 e. The highest BCUT2D eigenvalue weighted by molar-refractivity contribution is 5.99. The fraction of sp³-hybridized carbons (Fsp3) is 0.350. The summed E-state index contributed by atoms with van der Waals surface area (Å²) in [6.45, 7) is 7.51. The molecule has 0 aliphatic carbocycles. The van der Waals surface area contributed by atoms with Gasteiger partial charge in [-0.1, -0.05) is 44.2 Å². The second kappa shape index (κ2) is 8.81. The molecule has 0 spiro atoms. The Morgan fingerprint density at radius 2 is 1.68 bits per heavy atom. The molecule has 0 bridgehead atoms. The largest absolute Gasteiger partial charge is 0.416 e. The maximum Gasteiger partial charge on any atom is 0.416 e. The lowest BCUT2D eigenvalue weighted by Gasteiger charge is -2.16. The first-order chi connectivity index (χ1) is 11.7. The molecule has 0 fully saturated rings. The number of halogens is 3. The summed E-state index contributed by atoms with van der Waals surface area (Å²) in [6.07, 6.45) is -4.23. The second-order valence-corrected chi connectivity index (χ2v) is 5.73. The third kappa shape index (κ3) is 5.71. The molecule has 0 amide bonds. The van der Waals surface area contributed by atoms with E-state index in [4.69, 9.17) is 11.1 Å². The average molecular weight is 350 g/mol. The van der Waals surface area contributed by atoms with Gasteiger partial charge >= 0.3 is 6.18 Å². The first kappa shape index (κ1) is 20.9. The van der Waals surface area contributed by atoms with Gasteiger partial charge in [-0.2, -0.15) is 13.2 Å². The Balaban J connectivity index is 0.00000151. The van der Waals surface area contributed by atoms with Crippen LogP contribution in [0.3, 0.4) is 0 Å². The third-order valence-corrected chi connectivity index (χ3v) is 3.77. The molecular formula is C20H25F3N2. The van der Waals surface area contributed by atoms with Gasteiger partial charge in [-0.25, -0.2) is 0 Å². The maximum absolute atomic E-state index is 12.9. The monoisotopic (exact) mass is 350 g/mol. The van der Waals surface area contributed by atoms with Crippen LogP contribution in [-0.2, 0) is 6.18 Å². The maximum atomic E-state index is 12.9. The molecule has 2 nitrogen and oxygen atoms in total. The van der Waals surface area contributed by atoms with E-state index in [1.54, 1.807) is 13.0 Å². The summed E-state index contributed by atoms with van der Waals surface area (Å²) in [6, 6.07) is 10.8. The average Bonchev–Trinajstić information content (AvgIpc) is 2.55. The van der Waals surface area contributed by atoms with Gasteiger partial charge in [0.05, 0.1) is 5.56 Å². The van der Waals surface area contributed by atoms with Crippen LogP contribution in [0.2, 0.25) is 0 Å². The molecule has 2 rings (SSSR count). The number of alkyl halides is 3. The van der Waals surface area contributed by atoms with Crippen LogP contribution in [0.25, 0.3) is 0 Å². The second-order valence-electron chi connectivity index (χ2n) is 5.73. The summed E-state index contributed by atoms with van der Waals surface area (Å²) in [5.41, 5.74) is 8.16. The molecule has 0 aliphatic heterocycles. The topological polar surface area (TPSA) is 49.9 Å². The van der Waals surface area contributed by atoms with Gasteiger partial charge in [0, 0.05) is 18.2 Å². The zero-order valence-corrected chi connectivity index (χ0v) is 15.0. The SMILES string of the molecule is CC.Cc1cc(C(=N)CC(N)c2ccccc2C)cc(C(F)(F)F)c1. The van der Waals surface area contributed by atoms with E-state index in [1.165, 1.54) is 0 Å². The van der Waals surface area contributed by atoms with Crippen molar-refractivity contribution in [1.82, 2.24) is 0 Å². The molecule has 3 N–H and O–H groups in total. The van der Waals surface area contributed by atoms with E-state index >= 15 is 0 Å². The summed E-state index contributed by atoms with van der Waals surface area (Å²) in [5, 5.41) is 8.13. The number of aryl methyl sites for hydroxylation is 2. The standard InChI is InChI=1S/C18H19F3N2.C2H6/c1-11-7-13(9-14(8-11)18(19,20)21)16(22)10-17(23)15-6-4-3-5-12(15)2;1-2/h3-9,17,22H,10,23H2,1-2H3;1-2H3. The van der Waals surface area contributed by atoms with Crippen LogP contribution in [0.1, 0.15) is 54.1 Å². The number of rotatable bonds is 4. The zero-order valence-electron chi connectivity index (χ0n) is 15.0. The van der Waals surface area contributed by atoms with Crippen LogP contribution < -0.4 is 5.73 Å². The minimum atomic E-state index is -4.42. The molecule has 2 aromatic carbocycles. The molecule has 25 heavy (non-hydrogen) atoms. The van der Waals surface area contributed by atoms with Gasteiger partial charge in [-0.3, -0.25) is 0 Å². The summed E-state index contributed by atoms with van der Waals surface area (Å²) in [7, 11) is 0. The molecule has 136 valence electrons. The summed E-state index contributed by atoms with van der Waals surface area (Å²) < 4.78 is 38.7. The Morgan fingerprint density at radius 3 is 2.24 bits per heavy atom. The summed E-state index contributed by atoms with van der Waals surface area (Å²) >= 11 is 0. The van der Waals surface area contributed by atoms with E-state index in [-0.39, 0.29) is 17.7 Å². The summed E-state index contributed by atoms with van der Waals surface area (Å²) in [5.74, 6) is 0. The predicted octanol–water partition coefficient (Wildman–Crippen LogP) is 5.81.